The van der Waals surface area contributed by atoms with Crippen LogP contribution in [0.3, 0.4) is 0 Å². The smallest absolute Gasteiger partial charge is 0.257 e. The Morgan fingerprint density at radius 1 is 1.50 bits per heavy atom. The lowest BCUT2D eigenvalue weighted by molar-refractivity contribution is 0.0696. The van der Waals surface area contributed by atoms with Crippen LogP contribution in [0.5, 0.6) is 0 Å². The molecule has 1 atom stereocenters. The molecule has 1 saturated heterocycles. The minimum atomic E-state index is -0.466. The first-order chi connectivity index (χ1) is 8.50. The molecule has 0 aromatic heterocycles. The van der Waals surface area contributed by atoms with E-state index in [1.807, 2.05) is 0 Å². The van der Waals surface area contributed by atoms with Gasteiger partial charge < -0.3 is 4.90 Å². The third-order valence-electron chi connectivity index (χ3n) is 3.51. The van der Waals surface area contributed by atoms with Gasteiger partial charge in [0.25, 0.3) is 5.91 Å². The van der Waals surface area contributed by atoms with E-state index in [1.165, 1.54) is 12.1 Å². The minimum absolute atomic E-state index is 0.134. The average Bonchev–Trinajstić information content (AvgIpc) is 2.80. The zero-order valence-electron chi connectivity index (χ0n) is 10.7. The SMILES string of the molecule is CC(C)C1CCCN1C(=O)c1cc(S)ccc1F. The largest absolute Gasteiger partial charge is 0.335 e. The van der Waals surface area contributed by atoms with Crippen molar-refractivity contribution < 1.29 is 9.18 Å². The maximum atomic E-state index is 13.7. The van der Waals surface area contributed by atoms with Crippen molar-refractivity contribution in [2.24, 2.45) is 5.92 Å². The van der Waals surface area contributed by atoms with Crippen molar-refractivity contribution in [3.05, 3.63) is 29.6 Å². The van der Waals surface area contributed by atoms with Gasteiger partial charge in [-0.05, 0) is 37.0 Å². The second-order valence-electron chi connectivity index (χ2n) is 5.12. The van der Waals surface area contributed by atoms with Crippen LogP contribution in [0.4, 0.5) is 4.39 Å². The van der Waals surface area contributed by atoms with Crippen molar-refractivity contribution in [2.75, 3.05) is 6.54 Å². The standard InChI is InChI=1S/C14H18FNOS/c1-9(2)13-4-3-7-16(13)14(17)11-8-10(18)5-6-12(11)15/h5-6,8-9,13,18H,3-4,7H2,1-2H3. The number of likely N-dealkylation sites (tertiary alicyclic amines) is 1. The van der Waals surface area contributed by atoms with E-state index >= 15 is 0 Å². The molecule has 0 bridgehead atoms. The summed E-state index contributed by atoms with van der Waals surface area (Å²) in [6.07, 6.45) is 2.00. The van der Waals surface area contributed by atoms with Gasteiger partial charge in [-0.2, -0.15) is 0 Å². The van der Waals surface area contributed by atoms with Crippen LogP contribution in [-0.4, -0.2) is 23.4 Å². The van der Waals surface area contributed by atoms with Gasteiger partial charge in [-0.1, -0.05) is 13.8 Å². The van der Waals surface area contributed by atoms with Crippen LogP contribution in [0.1, 0.15) is 37.0 Å². The predicted octanol–water partition coefficient (Wildman–Crippen LogP) is 3.38. The van der Waals surface area contributed by atoms with Crippen molar-refractivity contribution >= 4 is 18.5 Å². The molecule has 0 N–H and O–H groups in total. The molecule has 18 heavy (non-hydrogen) atoms. The molecule has 1 aromatic rings. The van der Waals surface area contributed by atoms with Gasteiger partial charge in [0.05, 0.1) is 5.56 Å². The van der Waals surface area contributed by atoms with Gasteiger partial charge in [0.1, 0.15) is 5.82 Å². The lowest BCUT2D eigenvalue weighted by atomic mass is 10.0. The molecule has 1 amide bonds. The fourth-order valence-corrected chi connectivity index (χ4v) is 2.77. The fourth-order valence-electron chi connectivity index (χ4n) is 2.57. The first-order valence-corrected chi connectivity index (χ1v) is 6.75. The van der Waals surface area contributed by atoms with Crippen LogP contribution >= 0.6 is 12.6 Å². The van der Waals surface area contributed by atoms with Crippen molar-refractivity contribution in [2.45, 2.75) is 37.6 Å². The molecule has 4 heteroatoms. The summed E-state index contributed by atoms with van der Waals surface area (Å²) in [5.41, 5.74) is 0.134. The normalized spacial score (nSPS) is 19.6. The maximum absolute atomic E-state index is 13.7. The van der Waals surface area contributed by atoms with E-state index in [-0.39, 0.29) is 17.5 Å². The Labute approximate surface area is 113 Å². The molecule has 1 aliphatic heterocycles. The fraction of sp³-hybridized carbons (Fsp3) is 0.500. The molecule has 1 aliphatic rings. The Kier molecular flexibility index (Phi) is 3.95. The van der Waals surface area contributed by atoms with Crippen LogP contribution in [0.25, 0.3) is 0 Å². The lowest BCUT2D eigenvalue weighted by Crippen LogP contribution is -2.38. The summed E-state index contributed by atoms with van der Waals surface area (Å²) < 4.78 is 13.7. The lowest BCUT2D eigenvalue weighted by Gasteiger charge is -2.28. The summed E-state index contributed by atoms with van der Waals surface area (Å²) in [6, 6.07) is 4.59. The highest BCUT2D eigenvalue weighted by molar-refractivity contribution is 7.80. The minimum Gasteiger partial charge on any atom is -0.335 e. The van der Waals surface area contributed by atoms with E-state index < -0.39 is 5.82 Å². The van der Waals surface area contributed by atoms with E-state index in [0.29, 0.717) is 10.8 Å². The summed E-state index contributed by atoms with van der Waals surface area (Å²) in [5, 5.41) is 0. The molecule has 98 valence electrons. The number of benzene rings is 1. The van der Waals surface area contributed by atoms with Gasteiger partial charge in [-0.25, -0.2) is 4.39 Å². The average molecular weight is 267 g/mol. The topological polar surface area (TPSA) is 20.3 Å². The zero-order chi connectivity index (χ0) is 13.3. The maximum Gasteiger partial charge on any atom is 0.257 e. The molecule has 1 fully saturated rings. The van der Waals surface area contributed by atoms with E-state index in [1.54, 1.807) is 11.0 Å². The van der Waals surface area contributed by atoms with Crippen molar-refractivity contribution in [1.29, 1.82) is 0 Å². The second kappa shape index (κ2) is 5.31. The van der Waals surface area contributed by atoms with Crippen molar-refractivity contribution in [1.82, 2.24) is 4.90 Å². The quantitative estimate of drug-likeness (QED) is 0.815. The van der Waals surface area contributed by atoms with Crippen LogP contribution in [0, 0.1) is 11.7 Å². The van der Waals surface area contributed by atoms with Gasteiger partial charge in [-0.15, -0.1) is 12.6 Å². The Morgan fingerprint density at radius 2 is 2.22 bits per heavy atom. The zero-order valence-corrected chi connectivity index (χ0v) is 11.6. The number of carbonyl (C=O) groups is 1. The number of hydrogen-bond donors (Lipinski definition) is 1. The molecule has 2 nitrogen and oxygen atoms in total. The first kappa shape index (κ1) is 13.4. The number of nitrogens with zero attached hydrogens (tertiary/aromatic N) is 1. The molecular formula is C14H18FNOS. The third-order valence-corrected chi connectivity index (χ3v) is 3.79. The Balaban J connectivity index is 2.28. The number of thiol groups is 1. The van der Waals surface area contributed by atoms with Gasteiger partial charge in [-0.3, -0.25) is 4.79 Å². The molecule has 1 aromatic carbocycles. The Hall–Kier alpha value is -1.03. The highest BCUT2D eigenvalue weighted by atomic mass is 32.1. The molecule has 0 radical (unpaired) electrons. The Bertz CT molecular complexity index is 461. The summed E-state index contributed by atoms with van der Waals surface area (Å²) in [4.78, 5) is 14.8. The van der Waals surface area contributed by atoms with Crippen LogP contribution in [0.2, 0.25) is 0 Å². The molecular weight excluding hydrogens is 249 g/mol. The van der Waals surface area contributed by atoms with Crippen LogP contribution < -0.4 is 0 Å². The molecule has 1 unspecified atom stereocenters. The summed E-state index contributed by atoms with van der Waals surface area (Å²) in [7, 11) is 0. The van der Waals surface area contributed by atoms with Crippen LogP contribution in [0.15, 0.2) is 23.1 Å². The van der Waals surface area contributed by atoms with E-state index in [0.717, 1.165) is 19.4 Å². The molecule has 2 rings (SSSR count). The van der Waals surface area contributed by atoms with E-state index in [4.69, 9.17) is 0 Å². The van der Waals surface area contributed by atoms with Crippen LogP contribution in [-0.2, 0) is 0 Å². The van der Waals surface area contributed by atoms with Gasteiger partial charge in [0.15, 0.2) is 0 Å². The van der Waals surface area contributed by atoms with Gasteiger partial charge in [0, 0.05) is 17.5 Å². The highest BCUT2D eigenvalue weighted by Gasteiger charge is 2.32. The van der Waals surface area contributed by atoms with Crippen molar-refractivity contribution in [3.63, 3.8) is 0 Å². The molecule has 0 aliphatic carbocycles. The van der Waals surface area contributed by atoms with E-state index in [2.05, 4.69) is 26.5 Å². The number of carbonyl (C=O) groups excluding carboxylic acids is 1. The molecule has 0 spiro atoms. The molecule has 1 heterocycles. The first-order valence-electron chi connectivity index (χ1n) is 6.30. The second-order valence-corrected chi connectivity index (χ2v) is 5.63. The van der Waals surface area contributed by atoms with Gasteiger partial charge in [0.2, 0.25) is 0 Å². The summed E-state index contributed by atoms with van der Waals surface area (Å²) in [6.45, 7) is 4.92. The summed E-state index contributed by atoms with van der Waals surface area (Å²) >= 11 is 4.16. The number of halogens is 1. The highest BCUT2D eigenvalue weighted by Crippen LogP contribution is 2.26. The third kappa shape index (κ3) is 2.53. The molecule has 0 saturated carbocycles. The number of rotatable bonds is 2. The van der Waals surface area contributed by atoms with Crippen molar-refractivity contribution in [3.8, 4) is 0 Å². The number of hydrogen-bond acceptors (Lipinski definition) is 2. The monoisotopic (exact) mass is 267 g/mol. The number of amides is 1. The van der Waals surface area contributed by atoms with Gasteiger partial charge >= 0.3 is 0 Å². The van der Waals surface area contributed by atoms with E-state index in [9.17, 15) is 9.18 Å². The Morgan fingerprint density at radius 3 is 2.89 bits per heavy atom. The summed E-state index contributed by atoms with van der Waals surface area (Å²) in [5.74, 6) is -0.273. The predicted molar refractivity (Wildman–Crippen MR) is 72.5 cm³/mol.